The molecule has 318 valence electrons. The van der Waals surface area contributed by atoms with Crippen molar-refractivity contribution < 1.29 is 9.13 Å². The molecule has 5 aliphatic rings. The van der Waals surface area contributed by atoms with Gasteiger partial charge < -0.3 is 15.0 Å². The molecule has 53 heavy (non-hydrogen) atoms. The first kappa shape index (κ1) is 54.0. The van der Waals surface area contributed by atoms with Crippen LogP contribution in [0.25, 0.3) is 0 Å². The summed E-state index contributed by atoms with van der Waals surface area (Å²) in [6.45, 7) is 36.6. The largest absolute Gasteiger partial charge is 0.379 e. The van der Waals surface area contributed by atoms with Crippen molar-refractivity contribution in [3.05, 3.63) is 18.5 Å². The number of hydrogen-bond acceptors (Lipinski definition) is 7. The molecule has 1 saturated carbocycles. The lowest BCUT2D eigenvalue weighted by molar-refractivity contribution is 0.0238. The fraction of sp³-hybridized carbons (Fsp3) is 0.932. The second-order valence-electron chi connectivity index (χ2n) is 17.8. The monoisotopic (exact) mass is 756 g/mol. The summed E-state index contributed by atoms with van der Waals surface area (Å²) >= 11 is 0. The molecule has 1 N–H and O–H groups in total. The van der Waals surface area contributed by atoms with Crippen molar-refractivity contribution in [2.75, 3.05) is 59.5 Å². The summed E-state index contributed by atoms with van der Waals surface area (Å²) in [7, 11) is 2.25. The number of ether oxygens (including phenoxy) is 1. The van der Waals surface area contributed by atoms with Gasteiger partial charge in [0.25, 0.3) is 0 Å². The van der Waals surface area contributed by atoms with Crippen molar-refractivity contribution >= 4 is 0 Å². The van der Waals surface area contributed by atoms with Gasteiger partial charge in [0.15, 0.2) is 0 Å². The molecule has 5 unspecified atom stereocenters. The van der Waals surface area contributed by atoms with Crippen LogP contribution in [0.1, 0.15) is 150 Å². The third-order valence-electron chi connectivity index (χ3n) is 11.0. The van der Waals surface area contributed by atoms with E-state index in [2.05, 4.69) is 120 Å². The smallest absolute Gasteiger partial charge is 0.122 e. The lowest BCUT2D eigenvalue weighted by Gasteiger charge is -2.34. The number of nitrogens with one attached hydrogen (secondary N) is 1. The normalized spacial score (nSPS) is 28.8. The minimum absolute atomic E-state index is 0. The summed E-state index contributed by atoms with van der Waals surface area (Å²) in [5, 5.41) is 7.67. The maximum atomic E-state index is 13.2. The van der Waals surface area contributed by atoms with Crippen LogP contribution in [-0.4, -0.2) is 137 Å². The van der Waals surface area contributed by atoms with Crippen LogP contribution >= 0.6 is 0 Å². The number of halogens is 1. The van der Waals surface area contributed by atoms with E-state index in [1.165, 1.54) is 38.8 Å². The van der Waals surface area contributed by atoms with E-state index in [9.17, 15) is 4.39 Å². The first-order chi connectivity index (χ1) is 23.4. The van der Waals surface area contributed by atoms with Crippen molar-refractivity contribution in [2.45, 2.75) is 198 Å². The standard InChI is InChI=1S/C11H23N.C9H18N2.C8H16FN.C7H15NO.C6H10N2.3CH4/c1-8(2)12-11-6-9(3)5-10(4)7-11;1-7(2)11-6-8-4-9(11)5-10(8)3;1-7(2)10-5-4-8(3,9)6-10;1-7(2)8-3-5-9-6-4-8;1-6(2)8-5-3-4-7-8;;;/h8-12H,5-7H2,1-4H3;7-9H,4-6H2,1-3H3;7H,4-6H2,1-3H3;7H,3-6H2,1-2H3;3-6H,1-2H3;3*1H4. The Morgan fingerprint density at radius 2 is 1.30 bits per heavy atom. The number of nitrogens with zero attached hydrogens (tertiary/aromatic N) is 6. The van der Waals surface area contributed by atoms with Crippen molar-refractivity contribution in [1.82, 2.24) is 34.7 Å². The lowest BCUT2D eigenvalue weighted by Crippen LogP contribution is -2.47. The summed E-state index contributed by atoms with van der Waals surface area (Å²) in [6.07, 6.45) is 10.0. The van der Waals surface area contributed by atoms with Gasteiger partial charge in [-0.3, -0.25) is 19.4 Å². The topological polar surface area (TPSA) is 52.0 Å². The molecular formula is C44H94FN7O. The zero-order valence-corrected chi connectivity index (χ0v) is 35.2. The number of rotatable bonds is 6. The Hall–Kier alpha value is -1.10. The number of morpholine rings is 1. The van der Waals surface area contributed by atoms with Gasteiger partial charge in [0.1, 0.15) is 5.67 Å². The molecule has 4 saturated heterocycles. The molecule has 8 nitrogen and oxygen atoms in total. The molecular weight excluding hydrogens is 662 g/mol. The maximum absolute atomic E-state index is 13.2. The molecule has 1 aromatic rings. The van der Waals surface area contributed by atoms with Gasteiger partial charge in [0, 0.05) is 100.0 Å². The van der Waals surface area contributed by atoms with Gasteiger partial charge in [-0.25, -0.2) is 4.39 Å². The van der Waals surface area contributed by atoms with Gasteiger partial charge in [-0.2, -0.15) is 5.10 Å². The Morgan fingerprint density at radius 1 is 0.736 bits per heavy atom. The van der Waals surface area contributed by atoms with Crippen molar-refractivity contribution in [3.8, 4) is 0 Å². The Kier molecular flexibility index (Phi) is 27.2. The fourth-order valence-electron chi connectivity index (χ4n) is 8.16. The minimum atomic E-state index is -0.926. The van der Waals surface area contributed by atoms with Crippen LogP contribution in [0.4, 0.5) is 4.39 Å². The van der Waals surface area contributed by atoms with E-state index in [0.29, 0.717) is 37.1 Å². The first-order valence-electron chi connectivity index (χ1n) is 20.3. The fourth-order valence-corrected chi connectivity index (χ4v) is 8.16. The maximum Gasteiger partial charge on any atom is 0.122 e. The third-order valence-corrected chi connectivity index (χ3v) is 11.0. The van der Waals surface area contributed by atoms with E-state index >= 15 is 0 Å². The molecule has 6 rings (SSSR count). The van der Waals surface area contributed by atoms with Gasteiger partial charge in [0.05, 0.1) is 13.2 Å². The predicted octanol–water partition coefficient (Wildman–Crippen LogP) is 9.52. The molecule has 0 aromatic carbocycles. The van der Waals surface area contributed by atoms with Crippen LogP contribution in [0.5, 0.6) is 0 Å². The molecule has 2 bridgehead atoms. The SMILES string of the molecule is C.C.C.CC(C)N1CC2CC1CN2C.CC(C)N1CCC(C)(F)C1.CC(C)N1CCOCC1.CC(C)n1cccn1.CC1CC(C)CC(NC(C)C)C1. The van der Waals surface area contributed by atoms with Crippen LogP contribution in [-0.2, 0) is 4.74 Å². The van der Waals surface area contributed by atoms with Gasteiger partial charge in [-0.1, -0.05) is 50.0 Å². The Morgan fingerprint density at radius 3 is 1.60 bits per heavy atom. The summed E-state index contributed by atoms with van der Waals surface area (Å²) in [5.74, 6) is 1.84. The number of alkyl halides is 1. The summed E-state index contributed by atoms with van der Waals surface area (Å²) < 4.78 is 20.3. The van der Waals surface area contributed by atoms with E-state index in [4.69, 9.17) is 4.74 Å². The Balaban J connectivity index is 0. The van der Waals surface area contributed by atoms with Gasteiger partial charge >= 0.3 is 0 Å². The van der Waals surface area contributed by atoms with Crippen LogP contribution in [0.15, 0.2) is 18.5 Å². The number of hydrogen-bond donors (Lipinski definition) is 1. The summed E-state index contributed by atoms with van der Waals surface area (Å²) in [5.41, 5.74) is -0.926. The van der Waals surface area contributed by atoms with E-state index < -0.39 is 5.67 Å². The van der Waals surface area contributed by atoms with Crippen LogP contribution in [0.3, 0.4) is 0 Å². The van der Waals surface area contributed by atoms with E-state index in [0.717, 1.165) is 68.9 Å². The predicted molar refractivity (Wildman–Crippen MR) is 232 cm³/mol. The molecule has 1 aliphatic carbocycles. The second kappa shape index (κ2) is 26.7. The highest BCUT2D eigenvalue weighted by Crippen LogP contribution is 2.31. The number of aromatic nitrogens is 2. The summed E-state index contributed by atoms with van der Waals surface area (Å²) in [4.78, 5) is 9.76. The number of fused-ring (bicyclic) bond motifs is 2. The van der Waals surface area contributed by atoms with Crippen molar-refractivity contribution in [3.63, 3.8) is 0 Å². The number of likely N-dealkylation sites (N-methyl/N-ethyl adjacent to an activating group) is 1. The van der Waals surface area contributed by atoms with Gasteiger partial charge in [0.2, 0.25) is 0 Å². The molecule has 5 heterocycles. The van der Waals surface area contributed by atoms with E-state index in [1.54, 1.807) is 13.1 Å². The molecule has 0 radical (unpaired) electrons. The quantitative estimate of drug-likeness (QED) is 0.311. The molecule has 0 spiro atoms. The number of likely N-dealkylation sites (tertiary alicyclic amines) is 3. The van der Waals surface area contributed by atoms with Crippen LogP contribution < -0.4 is 5.32 Å². The van der Waals surface area contributed by atoms with E-state index in [1.807, 2.05) is 16.9 Å². The zero-order valence-electron chi connectivity index (χ0n) is 35.2. The molecule has 0 amide bonds. The van der Waals surface area contributed by atoms with Crippen molar-refractivity contribution in [1.29, 1.82) is 0 Å². The molecule has 1 aromatic heterocycles. The number of piperazine rings is 1. The van der Waals surface area contributed by atoms with E-state index in [-0.39, 0.29) is 22.3 Å². The zero-order chi connectivity index (χ0) is 37.6. The highest BCUT2D eigenvalue weighted by Gasteiger charge is 2.42. The van der Waals surface area contributed by atoms with Crippen molar-refractivity contribution in [2.24, 2.45) is 11.8 Å². The average Bonchev–Trinajstić information content (AvgIpc) is 3.83. The van der Waals surface area contributed by atoms with Crippen LogP contribution in [0.2, 0.25) is 0 Å². The summed E-state index contributed by atoms with van der Waals surface area (Å²) in [6, 6.07) is 7.51. The second-order valence-corrected chi connectivity index (χ2v) is 17.8. The first-order valence-corrected chi connectivity index (χ1v) is 20.3. The molecule has 5 fully saturated rings. The average molecular weight is 756 g/mol. The highest BCUT2D eigenvalue weighted by molar-refractivity contribution is 4.99. The lowest BCUT2D eigenvalue weighted by atomic mass is 9.80. The molecule has 5 atom stereocenters. The third kappa shape index (κ3) is 20.6. The molecule has 9 heteroatoms. The van der Waals surface area contributed by atoms with Crippen LogP contribution in [0, 0.1) is 11.8 Å². The Labute approximate surface area is 331 Å². The molecule has 4 aliphatic heterocycles. The Bertz CT molecular complexity index is 981. The van der Waals surface area contributed by atoms with Gasteiger partial charge in [-0.05, 0) is 119 Å². The highest BCUT2D eigenvalue weighted by atomic mass is 19.1. The minimum Gasteiger partial charge on any atom is -0.379 e. The van der Waals surface area contributed by atoms with Gasteiger partial charge in [-0.15, -0.1) is 0 Å².